The lowest BCUT2D eigenvalue weighted by molar-refractivity contribution is -0.133. The summed E-state index contributed by atoms with van der Waals surface area (Å²) in [5, 5.41) is 0. The summed E-state index contributed by atoms with van der Waals surface area (Å²) >= 11 is 0. The van der Waals surface area contributed by atoms with Gasteiger partial charge in [0.05, 0.1) is 0 Å². The highest BCUT2D eigenvalue weighted by molar-refractivity contribution is 5.92. The van der Waals surface area contributed by atoms with Gasteiger partial charge >= 0.3 is 0 Å². The maximum atomic E-state index is 12.7. The van der Waals surface area contributed by atoms with E-state index in [1.807, 2.05) is 0 Å². The molecule has 2 nitrogen and oxygen atoms in total. The summed E-state index contributed by atoms with van der Waals surface area (Å²) in [4.78, 5) is 25.0. The molecular formula is C26H40O2. The quantitative estimate of drug-likeness (QED) is 0.479. The first-order valence-electron chi connectivity index (χ1n) is 12.2. The van der Waals surface area contributed by atoms with Gasteiger partial charge in [-0.15, -0.1) is 0 Å². The minimum Gasteiger partial charge on any atom is -0.299 e. The number of Topliss-reactive ketones (excluding diaryl/α,β-unsaturated/α-hetero) is 1. The molecule has 4 rings (SSSR count). The Hall–Kier alpha value is -0.920. The molecule has 0 bridgehead atoms. The van der Waals surface area contributed by atoms with E-state index in [4.69, 9.17) is 0 Å². The average molecular weight is 385 g/mol. The van der Waals surface area contributed by atoms with Gasteiger partial charge in [0.15, 0.2) is 5.78 Å². The lowest BCUT2D eigenvalue weighted by Gasteiger charge is -2.59. The van der Waals surface area contributed by atoms with Gasteiger partial charge in [0.2, 0.25) is 0 Å². The van der Waals surface area contributed by atoms with Crippen LogP contribution in [0.1, 0.15) is 104 Å². The molecule has 4 aliphatic carbocycles. The lowest BCUT2D eigenvalue weighted by Crippen LogP contribution is -2.52. The minimum absolute atomic E-state index is 0.0467. The molecule has 0 aromatic heterocycles. The van der Waals surface area contributed by atoms with E-state index in [9.17, 15) is 9.59 Å². The number of rotatable bonds is 6. The van der Waals surface area contributed by atoms with E-state index in [1.165, 1.54) is 56.9 Å². The first kappa shape index (κ1) is 20.4. The molecule has 0 spiro atoms. The molecule has 0 radical (unpaired) electrons. The predicted molar refractivity (Wildman–Crippen MR) is 114 cm³/mol. The number of hydrogen-bond donors (Lipinski definition) is 0. The van der Waals surface area contributed by atoms with Gasteiger partial charge in [0, 0.05) is 18.3 Å². The van der Waals surface area contributed by atoms with Crippen LogP contribution in [0, 0.1) is 34.5 Å². The first-order valence-corrected chi connectivity index (χ1v) is 12.2. The van der Waals surface area contributed by atoms with Crippen LogP contribution in [0.5, 0.6) is 0 Å². The Morgan fingerprint density at radius 2 is 1.68 bits per heavy atom. The number of carbonyl (C=O) groups excluding carboxylic acids is 2. The van der Waals surface area contributed by atoms with Crippen LogP contribution >= 0.6 is 0 Å². The Kier molecular flexibility index (Phi) is 5.62. The van der Waals surface area contributed by atoms with Gasteiger partial charge < -0.3 is 0 Å². The maximum absolute atomic E-state index is 12.7. The third-order valence-electron chi connectivity index (χ3n) is 9.48. The summed E-state index contributed by atoms with van der Waals surface area (Å²) in [7, 11) is 0. The molecule has 2 heteroatoms. The second kappa shape index (κ2) is 7.73. The Bertz CT molecular complexity index is 661. The monoisotopic (exact) mass is 384 g/mol. The van der Waals surface area contributed by atoms with Crippen LogP contribution in [-0.4, -0.2) is 11.6 Å². The largest absolute Gasteiger partial charge is 0.299 e. The highest BCUT2D eigenvalue weighted by Gasteiger charge is 2.60. The van der Waals surface area contributed by atoms with Crippen molar-refractivity contribution in [2.24, 2.45) is 34.5 Å². The Morgan fingerprint density at radius 1 is 0.929 bits per heavy atom. The van der Waals surface area contributed by atoms with Crippen molar-refractivity contribution in [2.45, 2.75) is 104 Å². The zero-order valence-electron chi connectivity index (χ0n) is 18.4. The molecule has 4 aliphatic rings. The molecule has 0 N–H and O–H groups in total. The molecule has 3 fully saturated rings. The van der Waals surface area contributed by atoms with E-state index < -0.39 is 0 Å². The van der Waals surface area contributed by atoms with Crippen LogP contribution in [-0.2, 0) is 9.59 Å². The van der Waals surface area contributed by atoms with Crippen molar-refractivity contribution in [3.63, 3.8) is 0 Å². The standard InChI is InChI=1S/C26H40O2/c1-4-5-6-7-8-9-18-16-20-21-10-11-24(28)26(21,3)15-13-22(20)25(2)14-12-19(27)17-23(18)25/h17-18,20-22H,4-16H2,1-3H3/t18-,20-,21-,22-,25+,26-/m0/s1. The normalized spacial score (nSPS) is 42.6. The van der Waals surface area contributed by atoms with Gasteiger partial charge in [-0.25, -0.2) is 0 Å². The van der Waals surface area contributed by atoms with E-state index in [-0.39, 0.29) is 10.8 Å². The molecule has 6 atom stereocenters. The Balaban J connectivity index is 1.58. The van der Waals surface area contributed by atoms with E-state index in [1.54, 1.807) is 0 Å². The van der Waals surface area contributed by atoms with Gasteiger partial charge in [0.25, 0.3) is 0 Å². The lowest BCUT2D eigenvalue weighted by atomic mass is 9.45. The van der Waals surface area contributed by atoms with Crippen molar-refractivity contribution in [2.75, 3.05) is 0 Å². The van der Waals surface area contributed by atoms with E-state index in [2.05, 4.69) is 26.8 Å². The molecule has 0 saturated heterocycles. The van der Waals surface area contributed by atoms with E-state index in [0.717, 1.165) is 32.1 Å². The highest BCUT2D eigenvalue weighted by Crippen LogP contribution is 2.65. The topological polar surface area (TPSA) is 34.1 Å². The molecule has 3 saturated carbocycles. The van der Waals surface area contributed by atoms with Crippen LogP contribution in [0.2, 0.25) is 0 Å². The minimum atomic E-state index is -0.0467. The molecule has 0 amide bonds. The van der Waals surface area contributed by atoms with Crippen LogP contribution in [0.15, 0.2) is 11.6 Å². The third-order valence-corrected chi connectivity index (χ3v) is 9.48. The fraction of sp³-hybridized carbons (Fsp3) is 0.846. The summed E-state index contributed by atoms with van der Waals surface area (Å²) in [6.45, 7) is 7.03. The van der Waals surface area contributed by atoms with Crippen LogP contribution in [0.4, 0.5) is 0 Å². The van der Waals surface area contributed by atoms with Gasteiger partial charge in [0.1, 0.15) is 5.78 Å². The molecule has 0 aliphatic heterocycles. The second-order valence-corrected chi connectivity index (χ2v) is 10.9. The number of carbonyl (C=O) groups is 2. The third kappa shape index (κ3) is 3.23. The Morgan fingerprint density at radius 3 is 2.46 bits per heavy atom. The van der Waals surface area contributed by atoms with Gasteiger partial charge in [-0.2, -0.15) is 0 Å². The van der Waals surface area contributed by atoms with Crippen molar-refractivity contribution in [3.8, 4) is 0 Å². The smallest absolute Gasteiger partial charge is 0.155 e. The summed E-state index contributed by atoms with van der Waals surface area (Å²) in [6, 6.07) is 0. The average Bonchev–Trinajstić information content (AvgIpc) is 2.98. The van der Waals surface area contributed by atoms with Crippen LogP contribution in [0.25, 0.3) is 0 Å². The molecule has 28 heavy (non-hydrogen) atoms. The molecule has 0 aromatic carbocycles. The fourth-order valence-corrected chi connectivity index (χ4v) is 7.82. The maximum Gasteiger partial charge on any atom is 0.155 e. The second-order valence-electron chi connectivity index (χ2n) is 10.9. The number of allylic oxidation sites excluding steroid dienone is 1. The predicted octanol–water partition coefficient (Wildman–Crippen LogP) is 6.67. The number of ketones is 2. The Labute approximate surface area is 171 Å². The zero-order chi connectivity index (χ0) is 19.9. The summed E-state index contributed by atoms with van der Waals surface area (Å²) in [5.41, 5.74) is 1.67. The SMILES string of the molecule is CCCCCCC[C@H]1C[C@@H]2[C@H](CC[C@]3(C)C(=O)CC[C@@H]23)[C@@]2(C)CCC(=O)C=C12. The summed E-state index contributed by atoms with van der Waals surface area (Å²) < 4.78 is 0. The van der Waals surface area contributed by atoms with Crippen molar-refractivity contribution in [1.29, 1.82) is 0 Å². The van der Waals surface area contributed by atoms with Gasteiger partial charge in [-0.3, -0.25) is 9.59 Å². The molecular weight excluding hydrogens is 344 g/mol. The van der Waals surface area contributed by atoms with Crippen molar-refractivity contribution in [3.05, 3.63) is 11.6 Å². The number of fused-ring (bicyclic) bond motifs is 5. The van der Waals surface area contributed by atoms with Crippen LogP contribution in [0.3, 0.4) is 0 Å². The van der Waals surface area contributed by atoms with E-state index >= 15 is 0 Å². The van der Waals surface area contributed by atoms with Gasteiger partial charge in [-0.05, 0) is 73.7 Å². The van der Waals surface area contributed by atoms with Crippen molar-refractivity contribution >= 4 is 11.6 Å². The van der Waals surface area contributed by atoms with E-state index in [0.29, 0.717) is 35.2 Å². The fourth-order valence-electron chi connectivity index (χ4n) is 7.82. The molecule has 0 unspecified atom stereocenters. The number of unbranched alkanes of at least 4 members (excludes halogenated alkanes) is 4. The first-order chi connectivity index (χ1) is 13.4. The van der Waals surface area contributed by atoms with Gasteiger partial charge in [-0.1, -0.05) is 58.4 Å². The molecule has 156 valence electrons. The van der Waals surface area contributed by atoms with Crippen molar-refractivity contribution < 1.29 is 9.59 Å². The summed E-state index contributed by atoms with van der Waals surface area (Å²) in [5.74, 6) is 3.46. The molecule has 0 aromatic rings. The van der Waals surface area contributed by atoms with Crippen molar-refractivity contribution in [1.82, 2.24) is 0 Å². The number of hydrogen-bond acceptors (Lipinski definition) is 2. The highest BCUT2D eigenvalue weighted by atomic mass is 16.1. The molecule has 0 heterocycles. The summed E-state index contributed by atoms with van der Waals surface area (Å²) in [6.07, 6.45) is 17.1. The zero-order valence-corrected chi connectivity index (χ0v) is 18.4. The van der Waals surface area contributed by atoms with Crippen LogP contribution < -0.4 is 0 Å².